The van der Waals surface area contributed by atoms with E-state index >= 15 is 0 Å². The van der Waals surface area contributed by atoms with E-state index in [1.165, 1.54) is 0 Å². The van der Waals surface area contributed by atoms with Gasteiger partial charge >= 0.3 is 0 Å². The number of thiophene rings is 1. The van der Waals surface area contributed by atoms with Gasteiger partial charge in [-0.15, -0.1) is 11.3 Å². The molecule has 0 saturated heterocycles. The van der Waals surface area contributed by atoms with E-state index in [1.54, 1.807) is 11.3 Å². The molecule has 78 valence electrons. The van der Waals surface area contributed by atoms with Crippen molar-refractivity contribution in [1.29, 1.82) is 0 Å². The predicted octanol–water partition coefficient (Wildman–Crippen LogP) is 4.52. The first kappa shape index (κ1) is 11.1. The first-order valence-electron chi connectivity index (χ1n) is 4.44. The van der Waals surface area contributed by atoms with E-state index in [2.05, 4.69) is 15.9 Å². The monoisotopic (exact) mass is 302 g/mol. The molecular formula is C11H8BrClOS. The molecule has 15 heavy (non-hydrogen) atoms. The van der Waals surface area contributed by atoms with Crippen LogP contribution < -0.4 is 0 Å². The molecule has 0 N–H and O–H groups in total. The molecule has 1 heterocycles. The Morgan fingerprint density at radius 2 is 2.27 bits per heavy atom. The maximum Gasteiger partial charge on any atom is 0.177 e. The number of Topliss-reactive ketones (excluding diaryl/α,β-unsaturated/α-hetero) is 1. The Morgan fingerprint density at radius 3 is 2.93 bits per heavy atom. The van der Waals surface area contributed by atoms with Gasteiger partial charge in [-0.05, 0) is 25.1 Å². The molecule has 4 heteroatoms. The molecule has 0 saturated carbocycles. The summed E-state index contributed by atoms with van der Waals surface area (Å²) in [5.74, 6) is 0.100. The fourth-order valence-electron chi connectivity index (χ4n) is 1.41. The molecule has 0 radical (unpaired) electrons. The van der Waals surface area contributed by atoms with Crippen LogP contribution in [0, 0.1) is 0 Å². The van der Waals surface area contributed by atoms with Crippen LogP contribution in [0.15, 0.2) is 23.6 Å². The van der Waals surface area contributed by atoms with Crippen molar-refractivity contribution in [1.82, 2.24) is 0 Å². The molecule has 0 spiro atoms. The lowest BCUT2D eigenvalue weighted by atomic mass is 10.1. The Morgan fingerprint density at radius 1 is 1.53 bits per heavy atom. The summed E-state index contributed by atoms with van der Waals surface area (Å²) in [6, 6.07) is 5.63. The Bertz CT molecular complexity index is 518. The Kier molecular flexibility index (Phi) is 3.14. The average molecular weight is 304 g/mol. The summed E-state index contributed by atoms with van der Waals surface area (Å²) in [7, 11) is 0. The van der Waals surface area contributed by atoms with Gasteiger partial charge in [-0.1, -0.05) is 27.5 Å². The van der Waals surface area contributed by atoms with Crippen LogP contribution in [-0.4, -0.2) is 10.6 Å². The topological polar surface area (TPSA) is 17.1 Å². The number of halogens is 2. The van der Waals surface area contributed by atoms with E-state index < -0.39 is 0 Å². The van der Waals surface area contributed by atoms with Crippen molar-refractivity contribution in [3.05, 3.63) is 34.2 Å². The highest BCUT2D eigenvalue weighted by Gasteiger charge is 2.16. The van der Waals surface area contributed by atoms with Crippen LogP contribution in [0.25, 0.3) is 10.1 Å². The van der Waals surface area contributed by atoms with Crippen molar-refractivity contribution in [2.24, 2.45) is 0 Å². The molecule has 1 unspecified atom stereocenters. The van der Waals surface area contributed by atoms with Crippen LogP contribution in [-0.2, 0) is 0 Å². The molecule has 0 aliphatic carbocycles. The van der Waals surface area contributed by atoms with E-state index in [-0.39, 0.29) is 10.6 Å². The van der Waals surface area contributed by atoms with Gasteiger partial charge < -0.3 is 0 Å². The number of fused-ring (bicyclic) bond motifs is 1. The van der Waals surface area contributed by atoms with Crippen LogP contribution in [0.5, 0.6) is 0 Å². The maximum absolute atomic E-state index is 11.8. The number of benzene rings is 1. The van der Waals surface area contributed by atoms with Gasteiger partial charge in [-0.2, -0.15) is 0 Å². The van der Waals surface area contributed by atoms with E-state index in [0.29, 0.717) is 5.02 Å². The molecule has 1 nitrogen and oxygen atoms in total. The number of ketones is 1. The molecular weight excluding hydrogens is 296 g/mol. The zero-order valence-corrected chi connectivity index (χ0v) is 11.1. The fraction of sp³-hybridized carbons (Fsp3) is 0.182. The molecule has 1 atom stereocenters. The van der Waals surface area contributed by atoms with Gasteiger partial charge in [-0.3, -0.25) is 4.79 Å². The molecule has 0 aliphatic rings. The van der Waals surface area contributed by atoms with Crippen molar-refractivity contribution in [3.8, 4) is 0 Å². The average Bonchev–Trinajstić information content (AvgIpc) is 2.59. The van der Waals surface area contributed by atoms with Crippen molar-refractivity contribution >= 4 is 54.7 Å². The van der Waals surface area contributed by atoms with Crippen molar-refractivity contribution in [2.45, 2.75) is 11.8 Å². The lowest BCUT2D eigenvalue weighted by Gasteiger charge is -2.00. The highest BCUT2D eigenvalue weighted by atomic mass is 79.9. The quantitative estimate of drug-likeness (QED) is 0.589. The summed E-state index contributed by atoms with van der Waals surface area (Å²) in [5.41, 5.74) is 0.752. The summed E-state index contributed by atoms with van der Waals surface area (Å²) >= 11 is 10.8. The molecule has 1 aromatic carbocycles. The summed E-state index contributed by atoms with van der Waals surface area (Å²) in [4.78, 5) is 11.7. The Labute approximate surface area is 105 Å². The van der Waals surface area contributed by atoms with Crippen molar-refractivity contribution in [3.63, 3.8) is 0 Å². The number of hydrogen-bond acceptors (Lipinski definition) is 2. The summed E-state index contributed by atoms with van der Waals surface area (Å²) in [5, 5.41) is 3.50. The smallest absolute Gasteiger partial charge is 0.177 e. The van der Waals surface area contributed by atoms with E-state index in [4.69, 9.17) is 11.6 Å². The third-order valence-corrected chi connectivity index (χ3v) is 3.78. The lowest BCUT2D eigenvalue weighted by molar-refractivity contribution is 0.0998. The maximum atomic E-state index is 11.8. The minimum absolute atomic E-state index is 0.100. The number of hydrogen-bond donors (Lipinski definition) is 0. The summed E-state index contributed by atoms with van der Waals surface area (Å²) < 4.78 is 1.09. The van der Waals surface area contributed by atoms with Gasteiger partial charge in [0, 0.05) is 26.1 Å². The second-order valence-electron chi connectivity index (χ2n) is 3.27. The molecule has 2 aromatic rings. The van der Waals surface area contributed by atoms with Crippen LogP contribution in [0.4, 0.5) is 0 Å². The van der Waals surface area contributed by atoms with Crippen molar-refractivity contribution < 1.29 is 4.79 Å². The third-order valence-electron chi connectivity index (χ3n) is 2.16. The SMILES string of the molecule is CC(Br)C(=O)c1csc2ccc(Cl)cc12. The highest BCUT2D eigenvalue weighted by Crippen LogP contribution is 2.30. The van der Waals surface area contributed by atoms with E-state index in [0.717, 1.165) is 15.6 Å². The lowest BCUT2D eigenvalue weighted by Crippen LogP contribution is -2.08. The largest absolute Gasteiger partial charge is 0.293 e. The third kappa shape index (κ3) is 2.10. The molecule has 1 aromatic heterocycles. The van der Waals surface area contributed by atoms with Gasteiger partial charge in [-0.25, -0.2) is 0 Å². The van der Waals surface area contributed by atoms with Crippen LogP contribution in [0.1, 0.15) is 17.3 Å². The van der Waals surface area contributed by atoms with Crippen molar-refractivity contribution in [2.75, 3.05) is 0 Å². The summed E-state index contributed by atoms with van der Waals surface area (Å²) in [6.45, 7) is 1.83. The highest BCUT2D eigenvalue weighted by molar-refractivity contribution is 9.10. The van der Waals surface area contributed by atoms with Gasteiger partial charge in [0.25, 0.3) is 0 Å². The zero-order valence-electron chi connectivity index (χ0n) is 7.96. The standard InChI is InChI=1S/C11H8BrClOS/c1-6(12)11(14)9-5-15-10-3-2-7(13)4-8(9)10/h2-6H,1H3. The minimum Gasteiger partial charge on any atom is -0.293 e. The predicted molar refractivity (Wildman–Crippen MR) is 69.6 cm³/mol. The minimum atomic E-state index is -0.158. The molecule has 0 amide bonds. The normalized spacial score (nSPS) is 13.0. The van der Waals surface area contributed by atoms with Gasteiger partial charge in [0.05, 0.1) is 4.83 Å². The Balaban J connectivity index is 2.62. The molecule has 0 aliphatic heterocycles. The van der Waals surface area contributed by atoms with Gasteiger partial charge in [0.15, 0.2) is 5.78 Å². The van der Waals surface area contributed by atoms with Crippen LogP contribution >= 0.6 is 38.9 Å². The number of alkyl halides is 1. The first-order chi connectivity index (χ1) is 7.09. The van der Waals surface area contributed by atoms with Crippen LogP contribution in [0.3, 0.4) is 0 Å². The molecule has 0 fully saturated rings. The molecule has 0 bridgehead atoms. The van der Waals surface area contributed by atoms with Crippen LogP contribution in [0.2, 0.25) is 5.02 Å². The zero-order chi connectivity index (χ0) is 11.0. The number of rotatable bonds is 2. The summed E-state index contributed by atoms with van der Waals surface area (Å²) in [6.07, 6.45) is 0. The van der Waals surface area contributed by atoms with E-state index in [1.807, 2.05) is 30.5 Å². The second-order valence-corrected chi connectivity index (χ2v) is 5.99. The number of carbonyl (C=O) groups excluding carboxylic acids is 1. The Hall–Kier alpha value is -0.380. The fourth-order valence-corrected chi connectivity index (χ4v) is 2.76. The van der Waals surface area contributed by atoms with Gasteiger partial charge in [0.1, 0.15) is 0 Å². The van der Waals surface area contributed by atoms with Gasteiger partial charge in [0.2, 0.25) is 0 Å². The first-order valence-corrected chi connectivity index (χ1v) is 6.62. The second kappa shape index (κ2) is 4.24. The number of carbonyl (C=O) groups is 1. The van der Waals surface area contributed by atoms with E-state index in [9.17, 15) is 4.79 Å². The molecule has 2 rings (SSSR count).